The summed E-state index contributed by atoms with van der Waals surface area (Å²) in [6.07, 6.45) is 3.81. The highest BCUT2D eigenvalue weighted by atomic mass is 16.5. The number of piperidine rings is 1. The van der Waals surface area contributed by atoms with E-state index in [0.29, 0.717) is 6.42 Å². The molecule has 0 saturated carbocycles. The van der Waals surface area contributed by atoms with Crippen LogP contribution in [0, 0.1) is 12.8 Å². The Bertz CT molecular complexity index is 816. The number of carbonyl (C=O) groups is 1. The monoisotopic (exact) mass is 394 g/mol. The standard InChI is InChI=1S/C25H34N2O2/c1-18-6-5-15-27(17-18)23-11-9-22(10-12-23)20(3)26-25(28)14-8-21-7-13-24(29-4)19(2)16-21/h7,9-13,16,18,20H,5-6,8,14-15,17H2,1-4H3,(H,26,28). The molecular formula is C25H34N2O2. The van der Waals surface area contributed by atoms with Crippen molar-refractivity contribution < 1.29 is 9.53 Å². The molecule has 2 aromatic carbocycles. The maximum absolute atomic E-state index is 12.4. The molecule has 4 nitrogen and oxygen atoms in total. The van der Waals surface area contributed by atoms with Crippen LogP contribution in [0.1, 0.15) is 55.8 Å². The van der Waals surface area contributed by atoms with Crippen LogP contribution < -0.4 is 15.0 Å². The molecule has 0 radical (unpaired) electrons. The summed E-state index contributed by atoms with van der Waals surface area (Å²) in [5.41, 5.74) is 4.69. The molecule has 0 aromatic heterocycles. The van der Waals surface area contributed by atoms with Gasteiger partial charge in [0.2, 0.25) is 5.91 Å². The second-order valence-corrected chi connectivity index (χ2v) is 8.38. The minimum Gasteiger partial charge on any atom is -0.496 e. The van der Waals surface area contributed by atoms with Crippen molar-refractivity contribution in [2.75, 3.05) is 25.1 Å². The van der Waals surface area contributed by atoms with Crippen LogP contribution in [0.15, 0.2) is 42.5 Å². The van der Waals surface area contributed by atoms with Crippen molar-refractivity contribution in [3.05, 3.63) is 59.2 Å². The Morgan fingerprint density at radius 1 is 1.24 bits per heavy atom. The van der Waals surface area contributed by atoms with Crippen molar-refractivity contribution >= 4 is 11.6 Å². The maximum atomic E-state index is 12.4. The van der Waals surface area contributed by atoms with Crippen molar-refractivity contribution in [3.8, 4) is 5.75 Å². The molecule has 1 saturated heterocycles. The van der Waals surface area contributed by atoms with Gasteiger partial charge in [0, 0.05) is 25.2 Å². The third-order valence-corrected chi connectivity index (χ3v) is 5.89. The van der Waals surface area contributed by atoms with Crippen molar-refractivity contribution in [2.45, 2.75) is 52.5 Å². The fourth-order valence-electron chi connectivity index (χ4n) is 4.15. The summed E-state index contributed by atoms with van der Waals surface area (Å²) in [6.45, 7) is 8.68. The number of ether oxygens (including phenoxy) is 1. The average Bonchev–Trinajstić information content (AvgIpc) is 2.72. The van der Waals surface area contributed by atoms with Gasteiger partial charge >= 0.3 is 0 Å². The first-order chi connectivity index (χ1) is 14.0. The molecule has 1 N–H and O–H groups in total. The molecule has 1 aliphatic heterocycles. The molecule has 1 aliphatic rings. The predicted molar refractivity (Wildman–Crippen MR) is 120 cm³/mol. The Kier molecular flexibility index (Phi) is 7.18. The van der Waals surface area contributed by atoms with Gasteiger partial charge < -0.3 is 15.0 Å². The van der Waals surface area contributed by atoms with Crippen LogP contribution in [0.2, 0.25) is 0 Å². The third kappa shape index (κ3) is 5.75. The molecule has 4 heteroatoms. The van der Waals surface area contributed by atoms with E-state index >= 15 is 0 Å². The SMILES string of the molecule is COc1ccc(CCC(=O)NC(C)c2ccc(N3CCCC(C)C3)cc2)cc1C. The lowest BCUT2D eigenvalue weighted by Crippen LogP contribution is -2.34. The first-order valence-electron chi connectivity index (χ1n) is 10.7. The zero-order chi connectivity index (χ0) is 20.8. The van der Waals surface area contributed by atoms with Gasteiger partial charge in [0.1, 0.15) is 5.75 Å². The van der Waals surface area contributed by atoms with Crippen LogP contribution >= 0.6 is 0 Å². The Morgan fingerprint density at radius 3 is 2.66 bits per heavy atom. The molecule has 3 rings (SSSR count). The van der Waals surface area contributed by atoms with Crippen molar-refractivity contribution in [1.29, 1.82) is 0 Å². The Hall–Kier alpha value is -2.49. The van der Waals surface area contributed by atoms with Crippen molar-refractivity contribution in [1.82, 2.24) is 5.32 Å². The molecule has 1 heterocycles. The number of benzene rings is 2. The largest absolute Gasteiger partial charge is 0.496 e. The Labute approximate surface area is 175 Å². The van der Waals surface area contributed by atoms with E-state index in [-0.39, 0.29) is 11.9 Å². The topological polar surface area (TPSA) is 41.6 Å². The number of hydrogen-bond acceptors (Lipinski definition) is 3. The minimum absolute atomic E-state index is 0.00873. The number of nitrogens with zero attached hydrogens (tertiary/aromatic N) is 1. The van der Waals surface area contributed by atoms with Gasteiger partial charge in [0.25, 0.3) is 0 Å². The number of aryl methyl sites for hydroxylation is 2. The summed E-state index contributed by atoms with van der Waals surface area (Å²) < 4.78 is 5.30. The van der Waals surface area contributed by atoms with Crippen molar-refractivity contribution in [2.24, 2.45) is 5.92 Å². The third-order valence-electron chi connectivity index (χ3n) is 5.89. The highest BCUT2D eigenvalue weighted by Crippen LogP contribution is 2.25. The first-order valence-corrected chi connectivity index (χ1v) is 10.7. The predicted octanol–water partition coefficient (Wildman–Crippen LogP) is 5.05. The smallest absolute Gasteiger partial charge is 0.220 e. The van der Waals surface area contributed by atoms with E-state index in [1.54, 1.807) is 7.11 Å². The first kappa shape index (κ1) is 21.2. The van der Waals surface area contributed by atoms with E-state index in [2.05, 4.69) is 47.5 Å². The van der Waals surface area contributed by atoms with E-state index in [4.69, 9.17) is 4.74 Å². The van der Waals surface area contributed by atoms with Gasteiger partial charge in [-0.3, -0.25) is 4.79 Å². The maximum Gasteiger partial charge on any atom is 0.220 e. The van der Waals surface area contributed by atoms with Gasteiger partial charge in [-0.1, -0.05) is 31.2 Å². The lowest BCUT2D eigenvalue weighted by Gasteiger charge is -2.33. The second-order valence-electron chi connectivity index (χ2n) is 8.38. The number of anilines is 1. The molecule has 29 heavy (non-hydrogen) atoms. The summed E-state index contributed by atoms with van der Waals surface area (Å²) >= 11 is 0. The summed E-state index contributed by atoms with van der Waals surface area (Å²) in [5.74, 6) is 1.73. The average molecular weight is 395 g/mol. The number of rotatable bonds is 7. The van der Waals surface area contributed by atoms with Gasteiger partial charge in [-0.15, -0.1) is 0 Å². The Morgan fingerprint density at radius 2 is 2.00 bits per heavy atom. The second kappa shape index (κ2) is 9.82. The molecule has 2 aromatic rings. The number of nitrogens with one attached hydrogen (secondary N) is 1. The summed E-state index contributed by atoms with van der Waals surface area (Å²) in [7, 11) is 1.68. The van der Waals surface area contributed by atoms with E-state index < -0.39 is 0 Å². The fraction of sp³-hybridized carbons (Fsp3) is 0.480. The van der Waals surface area contributed by atoms with Gasteiger partial charge in [-0.05, 0) is 73.9 Å². The normalized spacial score (nSPS) is 17.7. The van der Waals surface area contributed by atoms with Crippen LogP contribution in [0.5, 0.6) is 5.75 Å². The molecular weight excluding hydrogens is 360 g/mol. The van der Waals surface area contributed by atoms with E-state index in [0.717, 1.165) is 47.9 Å². The van der Waals surface area contributed by atoms with Crippen molar-refractivity contribution in [3.63, 3.8) is 0 Å². The van der Waals surface area contributed by atoms with Gasteiger partial charge in [-0.2, -0.15) is 0 Å². The van der Waals surface area contributed by atoms with Gasteiger partial charge in [0.05, 0.1) is 13.2 Å². The molecule has 0 spiro atoms. The summed E-state index contributed by atoms with van der Waals surface area (Å²) in [5, 5.41) is 3.13. The summed E-state index contributed by atoms with van der Waals surface area (Å²) in [6, 6.07) is 14.8. The number of hydrogen-bond donors (Lipinski definition) is 1. The van der Waals surface area contributed by atoms with E-state index in [1.165, 1.54) is 18.5 Å². The number of carbonyl (C=O) groups excluding carboxylic acids is 1. The van der Waals surface area contributed by atoms with Crippen LogP contribution in [0.25, 0.3) is 0 Å². The molecule has 0 aliphatic carbocycles. The summed E-state index contributed by atoms with van der Waals surface area (Å²) in [4.78, 5) is 14.9. The van der Waals surface area contributed by atoms with Gasteiger partial charge in [0.15, 0.2) is 0 Å². The van der Waals surface area contributed by atoms with E-state index in [1.807, 2.05) is 26.0 Å². The van der Waals surface area contributed by atoms with Crippen LogP contribution in [0.3, 0.4) is 0 Å². The highest BCUT2D eigenvalue weighted by molar-refractivity contribution is 5.76. The van der Waals surface area contributed by atoms with Crippen LogP contribution in [-0.2, 0) is 11.2 Å². The fourth-order valence-corrected chi connectivity index (χ4v) is 4.15. The Balaban J connectivity index is 1.50. The molecule has 156 valence electrons. The van der Waals surface area contributed by atoms with Crippen LogP contribution in [0.4, 0.5) is 5.69 Å². The highest BCUT2D eigenvalue weighted by Gasteiger charge is 2.17. The van der Waals surface area contributed by atoms with Gasteiger partial charge in [-0.25, -0.2) is 0 Å². The quantitative estimate of drug-likeness (QED) is 0.714. The lowest BCUT2D eigenvalue weighted by molar-refractivity contribution is -0.121. The van der Waals surface area contributed by atoms with Crippen LogP contribution in [-0.4, -0.2) is 26.1 Å². The molecule has 0 bridgehead atoms. The zero-order valence-electron chi connectivity index (χ0n) is 18.2. The zero-order valence-corrected chi connectivity index (χ0v) is 18.2. The lowest BCUT2D eigenvalue weighted by atomic mass is 9.99. The minimum atomic E-state index is 0.00873. The molecule has 2 unspecified atom stereocenters. The number of amides is 1. The molecule has 1 amide bonds. The molecule has 1 fully saturated rings. The molecule has 2 atom stereocenters. The van der Waals surface area contributed by atoms with E-state index in [9.17, 15) is 4.79 Å². The number of methoxy groups -OCH3 is 1.